The van der Waals surface area contributed by atoms with E-state index in [0.717, 1.165) is 30.8 Å². The van der Waals surface area contributed by atoms with Crippen molar-refractivity contribution >= 4 is 0 Å². The number of aliphatic hydroxyl groups is 1. The van der Waals surface area contributed by atoms with Crippen LogP contribution in [0.15, 0.2) is 41.2 Å². The zero-order chi connectivity index (χ0) is 19.7. The molecule has 1 aromatic carbocycles. The lowest BCUT2D eigenvalue weighted by atomic mass is 9.75. The standard InChI is InChI=1S/C22H29N3O3/c1-16-9-10-21(26)25(23-16)15-22(27)12-18-6-4-7-19(13-22)24(18)14-17-5-3-8-20(11-17)28-2/h3,5,8-11,18-19,27H,4,6-7,12-15H2,1-2H3. The third-order valence-electron chi connectivity index (χ3n) is 6.19. The topological polar surface area (TPSA) is 67.6 Å². The molecule has 0 saturated carbocycles. The Morgan fingerprint density at radius 1 is 1.21 bits per heavy atom. The van der Waals surface area contributed by atoms with E-state index < -0.39 is 5.60 Å². The molecule has 28 heavy (non-hydrogen) atoms. The van der Waals surface area contributed by atoms with Crippen LogP contribution in [0, 0.1) is 6.92 Å². The van der Waals surface area contributed by atoms with Crippen LogP contribution >= 0.6 is 0 Å². The average molecular weight is 383 g/mol. The average Bonchev–Trinajstić information content (AvgIpc) is 2.66. The fourth-order valence-electron chi connectivity index (χ4n) is 4.93. The second kappa shape index (κ2) is 7.68. The summed E-state index contributed by atoms with van der Waals surface area (Å²) in [7, 11) is 1.69. The first-order valence-corrected chi connectivity index (χ1v) is 10.1. The largest absolute Gasteiger partial charge is 0.497 e. The van der Waals surface area contributed by atoms with E-state index >= 15 is 0 Å². The molecular weight excluding hydrogens is 354 g/mol. The first-order chi connectivity index (χ1) is 13.5. The van der Waals surface area contributed by atoms with E-state index in [4.69, 9.17) is 4.74 Å². The SMILES string of the molecule is COc1cccc(CN2C3CCCC2CC(O)(Cn2nc(C)ccc2=O)C3)c1. The van der Waals surface area contributed by atoms with Gasteiger partial charge in [-0.3, -0.25) is 9.69 Å². The molecular formula is C22H29N3O3. The predicted molar refractivity (Wildman–Crippen MR) is 107 cm³/mol. The van der Waals surface area contributed by atoms with Crippen LogP contribution in [0.3, 0.4) is 0 Å². The van der Waals surface area contributed by atoms with Crippen molar-refractivity contribution in [1.82, 2.24) is 14.7 Å². The van der Waals surface area contributed by atoms with E-state index in [1.807, 2.05) is 19.1 Å². The second-order valence-corrected chi connectivity index (χ2v) is 8.37. The molecule has 0 radical (unpaired) electrons. The van der Waals surface area contributed by atoms with Crippen molar-refractivity contribution in [1.29, 1.82) is 0 Å². The molecule has 2 bridgehead atoms. The Balaban J connectivity index is 1.52. The minimum atomic E-state index is -0.884. The van der Waals surface area contributed by atoms with Crippen molar-refractivity contribution in [2.45, 2.75) is 69.8 Å². The van der Waals surface area contributed by atoms with Crippen molar-refractivity contribution in [3.8, 4) is 5.75 Å². The molecule has 2 fully saturated rings. The molecule has 6 heteroatoms. The summed E-state index contributed by atoms with van der Waals surface area (Å²) in [5, 5.41) is 15.7. The first kappa shape index (κ1) is 19.2. The van der Waals surface area contributed by atoms with Gasteiger partial charge >= 0.3 is 0 Å². The van der Waals surface area contributed by atoms with Gasteiger partial charge in [0, 0.05) is 24.7 Å². The molecule has 2 aromatic rings. The summed E-state index contributed by atoms with van der Waals surface area (Å²) < 4.78 is 6.79. The summed E-state index contributed by atoms with van der Waals surface area (Å²) in [4.78, 5) is 14.7. The van der Waals surface area contributed by atoms with Crippen LogP contribution in [0.5, 0.6) is 5.75 Å². The highest BCUT2D eigenvalue weighted by Crippen LogP contribution is 2.40. The Morgan fingerprint density at radius 2 is 1.96 bits per heavy atom. The molecule has 2 saturated heterocycles. The van der Waals surface area contributed by atoms with E-state index in [9.17, 15) is 9.90 Å². The molecule has 0 aliphatic carbocycles. The van der Waals surface area contributed by atoms with Crippen molar-refractivity contribution in [2.75, 3.05) is 7.11 Å². The summed E-state index contributed by atoms with van der Waals surface area (Å²) in [5.74, 6) is 0.876. The number of piperidine rings is 2. The molecule has 4 rings (SSSR count). The minimum Gasteiger partial charge on any atom is -0.497 e. The molecule has 3 heterocycles. The number of rotatable bonds is 5. The fraction of sp³-hybridized carbons (Fsp3) is 0.545. The summed E-state index contributed by atoms with van der Waals surface area (Å²) >= 11 is 0. The number of aromatic nitrogens is 2. The number of hydrogen-bond donors (Lipinski definition) is 1. The number of benzene rings is 1. The maximum absolute atomic E-state index is 12.2. The van der Waals surface area contributed by atoms with Gasteiger partial charge in [-0.1, -0.05) is 18.6 Å². The van der Waals surface area contributed by atoms with Gasteiger partial charge in [0.25, 0.3) is 5.56 Å². The lowest BCUT2D eigenvalue weighted by Gasteiger charge is -2.52. The summed E-state index contributed by atoms with van der Waals surface area (Å²) in [5.41, 5.74) is 0.991. The smallest absolute Gasteiger partial charge is 0.266 e. The Bertz CT molecular complexity index is 881. The van der Waals surface area contributed by atoms with Crippen molar-refractivity contribution in [3.63, 3.8) is 0 Å². The molecule has 2 aliphatic rings. The number of ether oxygens (including phenoxy) is 1. The van der Waals surface area contributed by atoms with Crippen LogP contribution < -0.4 is 10.3 Å². The molecule has 0 amide bonds. The Labute approximate surface area is 165 Å². The van der Waals surface area contributed by atoms with E-state index in [-0.39, 0.29) is 12.1 Å². The third kappa shape index (κ3) is 3.98. The molecule has 6 nitrogen and oxygen atoms in total. The zero-order valence-electron chi connectivity index (χ0n) is 16.7. The van der Waals surface area contributed by atoms with Gasteiger partial charge in [0.2, 0.25) is 0 Å². The van der Waals surface area contributed by atoms with Crippen molar-refractivity contribution in [3.05, 3.63) is 58.0 Å². The quantitative estimate of drug-likeness (QED) is 0.859. The summed E-state index contributed by atoms with van der Waals surface area (Å²) in [6.45, 7) is 3.00. The van der Waals surface area contributed by atoms with Crippen LogP contribution in [-0.4, -0.2) is 44.6 Å². The molecule has 0 spiro atoms. The van der Waals surface area contributed by atoms with E-state index in [2.05, 4.69) is 22.1 Å². The number of fused-ring (bicyclic) bond motifs is 2. The Kier molecular flexibility index (Phi) is 5.25. The molecule has 150 valence electrons. The van der Waals surface area contributed by atoms with Gasteiger partial charge in [0.15, 0.2) is 0 Å². The van der Waals surface area contributed by atoms with Crippen molar-refractivity contribution < 1.29 is 9.84 Å². The van der Waals surface area contributed by atoms with E-state index in [0.29, 0.717) is 24.9 Å². The van der Waals surface area contributed by atoms with Gasteiger partial charge in [0.05, 0.1) is 24.9 Å². The number of nitrogens with zero attached hydrogens (tertiary/aromatic N) is 3. The van der Waals surface area contributed by atoms with Gasteiger partial charge in [0.1, 0.15) is 5.75 Å². The Morgan fingerprint density at radius 3 is 2.68 bits per heavy atom. The molecule has 2 unspecified atom stereocenters. The monoisotopic (exact) mass is 383 g/mol. The molecule has 2 aliphatic heterocycles. The van der Waals surface area contributed by atoms with Crippen LogP contribution in [0.4, 0.5) is 0 Å². The predicted octanol–water partition coefficient (Wildman–Crippen LogP) is 2.51. The highest BCUT2D eigenvalue weighted by atomic mass is 16.5. The zero-order valence-corrected chi connectivity index (χ0v) is 16.7. The minimum absolute atomic E-state index is 0.150. The third-order valence-corrected chi connectivity index (χ3v) is 6.19. The fourth-order valence-corrected chi connectivity index (χ4v) is 4.93. The maximum Gasteiger partial charge on any atom is 0.266 e. The summed E-state index contributed by atoms with van der Waals surface area (Å²) in [6, 6.07) is 12.1. The Hall–Kier alpha value is -2.18. The molecule has 2 atom stereocenters. The summed E-state index contributed by atoms with van der Waals surface area (Å²) in [6.07, 6.45) is 4.71. The van der Waals surface area contributed by atoms with E-state index in [1.54, 1.807) is 13.2 Å². The molecule has 1 N–H and O–H groups in total. The van der Waals surface area contributed by atoms with Crippen LogP contribution in [0.1, 0.15) is 43.4 Å². The second-order valence-electron chi connectivity index (χ2n) is 8.37. The highest BCUT2D eigenvalue weighted by Gasteiger charge is 2.45. The van der Waals surface area contributed by atoms with E-state index in [1.165, 1.54) is 22.7 Å². The van der Waals surface area contributed by atoms with Gasteiger partial charge < -0.3 is 9.84 Å². The molecule has 1 aromatic heterocycles. The van der Waals surface area contributed by atoms with Gasteiger partial charge in [-0.15, -0.1) is 0 Å². The van der Waals surface area contributed by atoms with Crippen LogP contribution in [0.25, 0.3) is 0 Å². The van der Waals surface area contributed by atoms with Gasteiger partial charge in [-0.2, -0.15) is 5.10 Å². The van der Waals surface area contributed by atoms with Crippen molar-refractivity contribution in [2.24, 2.45) is 0 Å². The maximum atomic E-state index is 12.2. The first-order valence-electron chi connectivity index (χ1n) is 10.1. The normalized spacial score (nSPS) is 27.5. The lowest BCUT2D eigenvalue weighted by molar-refractivity contribution is -0.105. The lowest BCUT2D eigenvalue weighted by Crippen LogP contribution is -2.59. The van der Waals surface area contributed by atoms with Gasteiger partial charge in [-0.25, -0.2) is 4.68 Å². The number of aryl methyl sites for hydroxylation is 1. The highest BCUT2D eigenvalue weighted by molar-refractivity contribution is 5.28. The number of methoxy groups -OCH3 is 1. The van der Waals surface area contributed by atoms with Crippen LogP contribution in [-0.2, 0) is 13.1 Å². The number of hydrogen-bond acceptors (Lipinski definition) is 5. The van der Waals surface area contributed by atoms with Gasteiger partial charge in [-0.05, 0) is 56.4 Å². The van der Waals surface area contributed by atoms with Crippen LogP contribution in [0.2, 0.25) is 0 Å².